The highest BCUT2D eigenvalue weighted by molar-refractivity contribution is 7.99. The molecule has 0 spiro atoms. The summed E-state index contributed by atoms with van der Waals surface area (Å²) in [5.41, 5.74) is 0.0834. The third-order valence-corrected chi connectivity index (χ3v) is 7.05. The van der Waals surface area contributed by atoms with Crippen molar-refractivity contribution in [2.75, 3.05) is 54.6 Å². The van der Waals surface area contributed by atoms with Gasteiger partial charge in [-0.2, -0.15) is 11.8 Å². The van der Waals surface area contributed by atoms with Crippen LogP contribution in [0, 0.1) is 23.5 Å². The van der Waals surface area contributed by atoms with E-state index in [1.165, 1.54) is 24.1 Å². The lowest BCUT2D eigenvalue weighted by Gasteiger charge is -2.22. The van der Waals surface area contributed by atoms with Gasteiger partial charge < -0.3 is 19.7 Å². The van der Waals surface area contributed by atoms with Crippen molar-refractivity contribution in [2.45, 2.75) is 18.9 Å². The molecule has 3 aliphatic rings. The van der Waals surface area contributed by atoms with Gasteiger partial charge in [-0.1, -0.05) is 0 Å². The molecule has 3 aliphatic heterocycles. The van der Waals surface area contributed by atoms with E-state index in [0.717, 1.165) is 24.3 Å². The number of ether oxygens (including phenoxy) is 2. The number of hydrogen-bond donors (Lipinski definition) is 1. The standard InChI is InChI=1S/C20H25F2N3O4S/c1-28-19(26)23-8-15-11-25(20(27)29-15)14-6-16(21)18(17(22)7-14)24-9-12-2-4-30-5-3-13(12)10-24/h6-7,12-13,15H,2-5,8-11H2,1H3,(H,23,26)/t12?,13?,15-/m0/s1. The van der Waals surface area contributed by atoms with Gasteiger partial charge in [0.1, 0.15) is 11.8 Å². The second-order valence-corrected chi connectivity index (χ2v) is 9.09. The zero-order valence-electron chi connectivity index (χ0n) is 16.7. The molecule has 0 radical (unpaired) electrons. The number of alkyl carbamates (subject to hydrolysis) is 1. The number of benzene rings is 1. The van der Waals surface area contributed by atoms with Gasteiger partial charge in [-0.3, -0.25) is 4.90 Å². The Morgan fingerprint density at radius 1 is 1.20 bits per heavy atom. The van der Waals surface area contributed by atoms with Crippen LogP contribution in [-0.2, 0) is 9.47 Å². The Hall–Kier alpha value is -2.23. The zero-order chi connectivity index (χ0) is 21.3. The Bertz CT molecular complexity index is 790. The van der Waals surface area contributed by atoms with Gasteiger partial charge in [0, 0.05) is 25.2 Å². The van der Waals surface area contributed by atoms with Gasteiger partial charge in [0.05, 0.1) is 25.9 Å². The van der Waals surface area contributed by atoms with Crippen molar-refractivity contribution < 1.29 is 27.8 Å². The van der Waals surface area contributed by atoms with Crippen LogP contribution in [0.2, 0.25) is 0 Å². The number of cyclic esters (lactones) is 1. The molecule has 0 saturated carbocycles. The molecule has 10 heteroatoms. The molecule has 2 amide bonds. The highest BCUT2D eigenvalue weighted by atomic mass is 32.2. The number of nitrogens with one attached hydrogen (secondary N) is 1. The van der Waals surface area contributed by atoms with E-state index in [-0.39, 0.29) is 24.5 Å². The minimum absolute atomic E-state index is 0.0176. The number of carbonyl (C=O) groups is 2. The average Bonchev–Trinajstić information content (AvgIpc) is 3.21. The monoisotopic (exact) mass is 441 g/mol. The summed E-state index contributed by atoms with van der Waals surface area (Å²) in [6.45, 7) is 1.44. The maximum atomic E-state index is 15.0. The number of anilines is 2. The van der Waals surface area contributed by atoms with Crippen LogP contribution >= 0.6 is 11.8 Å². The molecule has 30 heavy (non-hydrogen) atoms. The molecule has 3 saturated heterocycles. The van der Waals surface area contributed by atoms with Crippen LogP contribution in [0.25, 0.3) is 0 Å². The molecule has 3 atom stereocenters. The molecule has 4 rings (SSSR count). The van der Waals surface area contributed by atoms with Gasteiger partial charge in [-0.15, -0.1) is 0 Å². The van der Waals surface area contributed by atoms with Crippen molar-refractivity contribution in [1.82, 2.24) is 5.32 Å². The van der Waals surface area contributed by atoms with Gasteiger partial charge >= 0.3 is 12.2 Å². The summed E-state index contributed by atoms with van der Waals surface area (Å²) in [4.78, 5) is 26.3. The van der Waals surface area contributed by atoms with Crippen LogP contribution < -0.4 is 15.1 Å². The summed E-state index contributed by atoms with van der Waals surface area (Å²) in [5, 5.41) is 2.44. The summed E-state index contributed by atoms with van der Waals surface area (Å²) in [5.74, 6) is 1.77. The molecule has 0 aliphatic carbocycles. The highest BCUT2D eigenvalue weighted by Crippen LogP contribution is 2.39. The number of halogens is 2. The number of rotatable bonds is 4. The van der Waals surface area contributed by atoms with Crippen LogP contribution in [0.3, 0.4) is 0 Å². The predicted molar refractivity (Wildman–Crippen MR) is 110 cm³/mol. The molecule has 164 valence electrons. The quantitative estimate of drug-likeness (QED) is 0.774. The largest absolute Gasteiger partial charge is 0.453 e. The molecule has 1 aromatic carbocycles. The van der Waals surface area contributed by atoms with Gasteiger partial charge in [0.15, 0.2) is 11.6 Å². The first kappa shape index (κ1) is 21.0. The summed E-state index contributed by atoms with van der Waals surface area (Å²) >= 11 is 1.95. The van der Waals surface area contributed by atoms with Crippen molar-refractivity contribution in [3.05, 3.63) is 23.8 Å². The first-order valence-corrected chi connectivity index (χ1v) is 11.2. The van der Waals surface area contributed by atoms with Crippen LogP contribution in [0.4, 0.5) is 29.7 Å². The molecular weight excluding hydrogens is 416 g/mol. The maximum absolute atomic E-state index is 15.0. The number of hydrogen-bond acceptors (Lipinski definition) is 6. The number of fused-ring (bicyclic) bond motifs is 1. The van der Waals surface area contributed by atoms with Crippen molar-refractivity contribution in [3.8, 4) is 0 Å². The second kappa shape index (κ2) is 8.87. The third kappa shape index (κ3) is 4.28. The first-order chi connectivity index (χ1) is 14.5. The lowest BCUT2D eigenvalue weighted by molar-refractivity contribution is 0.132. The Labute approximate surface area is 178 Å². The fraction of sp³-hybridized carbons (Fsp3) is 0.600. The molecule has 7 nitrogen and oxygen atoms in total. The molecule has 1 N–H and O–H groups in total. The summed E-state index contributed by atoms with van der Waals surface area (Å²) in [6.07, 6.45) is 0.165. The van der Waals surface area contributed by atoms with Crippen molar-refractivity contribution >= 4 is 35.3 Å². The molecule has 3 heterocycles. The van der Waals surface area contributed by atoms with E-state index in [2.05, 4.69) is 10.1 Å². The summed E-state index contributed by atoms with van der Waals surface area (Å²) in [6, 6.07) is 2.36. The van der Waals surface area contributed by atoms with E-state index in [1.807, 2.05) is 16.7 Å². The van der Waals surface area contributed by atoms with E-state index in [4.69, 9.17) is 4.74 Å². The lowest BCUT2D eigenvalue weighted by atomic mass is 9.92. The van der Waals surface area contributed by atoms with E-state index >= 15 is 0 Å². The predicted octanol–water partition coefficient (Wildman–Crippen LogP) is 3.23. The Kier molecular flexibility index (Phi) is 6.21. The fourth-order valence-electron chi connectivity index (χ4n) is 4.46. The summed E-state index contributed by atoms with van der Waals surface area (Å²) in [7, 11) is 1.23. The smallest absolute Gasteiger partial charge is 0.414 e. The normalized spacial score (nSPS) is 26.2. The van der Waals surface area contributed by atoms with E-state index in [9.17, 15) is 18.4 Å². The molecule has 0 aromatic heterocycles. The number of amides is 2. The lowest BCUT2D eigenvalue weighted by Crippen LogP contribution is -2.34. The van der Waals surface area contributed by atoms with Crippen LogP contribution in [0.1, 0.15) is 12.8 Å². The summed E-state index contributed by atoms with van der Waals surface area (Å²) < 4.78 is 39.6. The average molecular weight is 442 g/mol. The van der Waals surface area contributed by atoms with Crippen molar-refractivity contribution in [1.29, 1.82) is 0 Å². The van der Waals surface area contributed by atoms with Gasteiger partial charge in [-0.05, 0) is 36.2 Å². The second-order valence-electron chi connectivity index (χ2n) is 7.86. The highest BCUT2D eigenvalue weighted by Gasteiger charge is 2.37. The Morgan fingerprint density at radius 2 is 1.83 bits per heavy atom. The zero-order valence-corrected chi connectivity index (χ0v) is 17.6. The molecule has 0 bridgehead atoms. The minimum atomic E-state index is -0.709. The van der Waals surface area contributed by atoms with Gasteiger partial charge in [0.2, 0.25) is 0 Å². The molecule has 3 fully saturated rings. The number of thioether (sulfide) groups is 1. The van der Waals surface area contributed by atoms with Crippen LogP contribution in [-0.4, -0.2) is 63.1 Å². The fourth-order valence-corrected chi connectivity index (χ4v) is 5.61. The van der Waals surface area contributed by atoms with E-state index < -0.39 is 29.9 Å². The van der Waals surface area contributed by atoms with Crippen LogP contribution in [0.5, 0.6) is 0 Å². The van der Waals surface area contributed by atoms with E-state index in [0.29, 0.717) is 24.9 Å². The SMILES string of the molecule is COC(=O)NC[C@H]1CN(c2cc(F)c(N3CC4CCSCCC4C3)c(F)c2)C(=O)O1. The minimum Gasteiger partial charge on any atom is -0.453 e. The van der Waals surface area contributed by atoms with Crippen LogP contribution in [0.15, 0.2) is 12.1 Å². The maximum Gasteiger partial charge on any atom is 0.414 e. The number of nitrogens with zero attached hydrogens (tertiary/aromatic N) is 2. The number of methoxy groups -OCH3 is 1. The van der Waals surface area contributed by atoms with Gasteiger partial charge in [-0.25, -0.2) is 18.4 Å². The number of carbonyl (C=O) groups excluding carboxylic acids is 2. The van der Waals surface area contributed by atoms with Crippen molar-refractivity contribution in [3.63, 3.8) is 0 Å². The Balaban J connectivity index is 1.47. The molecule has 2 unspecified atom stereocenters. The topological polar surface area (TPSA) is 71.1 Å². The van der Waals surface area contributed by atoms with Crippen molar-refractivity contribution in [2.24, 2.45) is 11.8 Å². The van der Waals surface area contributed by atoms with Gasteiger partial charge in [0.25, 0.3) is 0 Å². The first-order valence-electron chi connectivity index (χ1n) is 10.1. The Morgan fingerprint density at radius 3 is 2.43 bits per heavy atom. The molecule has 1 aromatic rings. The molecular formula is C20H25F2N3O4S. The van der Waals surface area contributed by atoms with E-state index in [1.54, 1.807) is 0 Å². The third-order valence-electron chi connectivity index (χ3n) is 6.01.